The number of benzene rings is 1. The molecule has 17 heavy (non-hydrogen) atoms. The molecule has 0 saturated heterocycles. The molecule has 0 bridgehead atoms. The predicted molar refractivity (Wildman–Crippen MR) is 57.6 cm³/mol. The van der Waals surface area contributed by atoms with Crippen molar-refractivity contribution in [3.05, 3.63) is 34.3 Å². The van der Waals surface area contributed by atoms with Gasteiger partial charge < -0.3 is 0 Å². The third kappa shape index (κ3) is 1.89. The van der Waals surface area contributed by atoms with E-state index in [1.54, 1.807) is 0 Å². The zero-order valence-electron chi connectivity index (χ0n) is 8.81. The molecule has 0 aliphatic heterocycles. The summed E-state index contributed by atoms with van der Waals surface area (Å²) in [5, 5.41) is 9.16. The van der Waals surface area contributed by atoms with Crippen LogP contribution in [0.4, 0.5) is 13.2 Å². The summed E-state index contributed by atoms with van der Waals surface area (Å²) >= 11 is 5.86. The molecule has 1 aromatic carbocycles. The molecular formula is C12H9ClF3N. The van der Waals surface area contributed by atoms with Gasteiger partial charge in [-0.15, -0.1) is 0 Å². The molecule has 0 unspecified atom stereocenters. The fourth-order valence-corrected chi connectivity index (χ4v) is 2.55. The summed E-state index contributed by atoms with van der Waals surface area (Å²) in [5.41, 5.74) is -1.89. The van der Waals surface area contributed by atoms with E-state index in [-0.39, 0.29) is 10.6 Å². The first-order chi connectivity index (χ1) is 7.91. The maximum Gasteiger partial charge on any atom is 0.416 e. The number of alkyl halides is 3. The molecule has 1 saturated carbocycles. The van der Waals surface area contributed by atoms with Gasteiger partial charge in [0.15, 0.2) is 0 Å². The van der Waals surface area contributed by atoms with Crippen molar-refractivity contribution in [2.45, 2.75) is 30.9 Å². The first-order valence-corrected chi connectivity index (χ1v) is 5.56. The highest BCUT2D eigenvalue weighted by atomic mass is 35.5. The van der Waals surface area contributed by atoms with Crippen LogP contribution >= 0.6 is 11.6 Å². The number of rotatable bonds is 1. The third-order valence-electron chi connectivity index (χ3n) is 3.22. The smallest absolute Gasteiger partial charge is 0.197 e. The van der Waals surface area contributed by atoms with Crippen molar-refractivity contribution in [2.24, 2.45) is 0 Å². The van der Waals surface area contributed by atoms with E-state index in [1.807, 2.05) is 6.07 Å². The van der Waals surface area contributed by atoms with Crippen molar-refractivity contribution in [2.75, 3.05) is 0 Å². The van der Waals surface area contributed by atoms with Crippen molar-refractivity contribution < 1.29 is 13.2 Å². The van der Waals surface area contributed by atoms with Gasteiger partial charge in [0.1, 0.15) is 0 Å². The molecule has 2 rings (SSSR count). The lowest BCUT2D eigenvalue weighted by Crippen LogP contribution is -2.35. The second-order valence-electron chi connectivity index (χ2n) is 4.21. The lowest BCUT2D eigenvalue weighted by atomic mass is 9.64. The van der Waals surface area contributed by atoms with Crippen LogP contribution in [0.3, 0.4) is 0 Å². The number of hydrogen-bond donors (Lipinski definition) is 0. The quantitative estimate of drug-likeness (QED) is 0.737. The maximum absolute atomic E-state index is 12.9. The fourth-order valence-electron chi connectivity index (χ4n) is 2.19. The Morgan fingerprint density at radius 3 is 2.35 bits per heavy atom. The van der Waals surface area contributed by atoms with Gasteiger partial charge in [-0.05, 0) is 31.4 Å². The van der Waals surface area contributed by atoms with E-state index in [0.717, 1.165) is 12.5 Å². The van der Waals surface area contributed by atoms with Gasteiger partial charge in [0.05, 0.1) is 17.0 Å². The molecule has 1 aliphatic rings. The van der Waals surface area contributed by atoms with Crippen LogP contribution in [0.25, 0.3) is 0 Å². The summed E-state index contributed by atoms with van der Waals surface area (Å²) in [4.78, 5) is 0. The van der Waals surface area contributed by atoms with E-state index in [1.165, 1.54) is 12.1 Å². The van der Waals surface area contributed by atoms with Crippen molar-refractivity contribution in [3.63, 3.8) is 0 Å². The van der Waals surface area contributed by atoms with E-state index >= 15 is 0 Å². The van der Waals surface area contributed by atoms with Gasteiger partial charge in [-0.1, -0.05) is 17.7 Å². The summed E-state index contributed by atoms with van der Waals surface area (Å²) in [7, 11) is 0. The van der Waals surface area contributed by atoms with Crippen LogP contribution in [0.1, 0.15) is 30.4 Å². The Morgan fingerprint density at radius 2 is 1.94 bits per heavy atom. The Bertz CT molecular complexity index is 484. The topological polar surface area (TPSA) is 23.8 Å². The van der Waals surface area contributed by atoms with Gasteiger partial charge in [0.25, 0.3) is 0 Å². The average molecular weight is 260 g/mol. The normalized spacial score (nSPS) is 18.3. The minimum absolute atomic E-state index is 0.0288. The molecule has 0 N–H and O–H groups in total. The van der Waals surface area contributed by atoms with Crippen LogP contribution in [-0.4, -0.2) is 0 Å². The Labute approximate surface area is 102 Å². The second-order valence-corrected chi connectivity index (χ2v) is 4.61. The molecule has 1 aliphatic carbocycles. The maximum atomic E-state index is 12.9. The van der Waals surface area contributed by atoms with E-state index < -0.39 is 17.2 Å². The average Bonchev–Trinajstić information content (AvgIpc) is 2.17. The molecule has 0 amide bonds. The van der Waals surface area contributed by atoms with Crippen LogP contribution in [0, 0.1) is 11.3 Å². The van der Waals surface area contributed by atoms with Gasteiger partial charge >= 0.3 is 6.18 Å². The zero-order chi connectivity index (χ0) is 12.7. The van der Waals surface area contributed by atoms with Crippen molar-refractivity contribution in [1.82, 2.24) is 0 Å². The highest BCUT2D eigenvalue weighted by molar-refractivity contribution is 6.31. The molecule has 90 valence electrons. The Hall–Kier alpha value is -1.21. The van der Waals surface area contributed by atoms with Crippen molar-refractivity contribution in [3.8, 4) is 6.07 Å². The Morgan fingerprint density at radius 1 is 1.29 bits per heavy atom. The van der Waals surface area contributed by atoms with Crippen molar-refractivity contribution >= 4 is 11.6 Å². The summed E-state index contributed by atoms with van der Waals surface area (Å²) < 4.78 is 38.7. The number of nitrogens with zero attached hydrogens (tertiary/aromatic N) is 1. The van der Waals surface area contributed by atoms with E-state index in [2.05, 4.69) is 0 Å². The molecule has 1 aromatic rings. The predicted octanol–water partition coefficient (Wildman–Crippen LogP) is 4.30. The molecule has 0 radical (unpaired) electrons. The summed E-state index contributed by atoms with van der Waals surface area (Å²) in [6.45, 7) is 0. The van der Waals surface area contributed by atoms with Crippen LogP contribution in [0.15, 0.2) is 18.2 Å². The fraction of sp³-hybridized carbons (Fsp3) is 0.417. The Kier molecular flexibility index (Phi) is 2.82. The summed E-state index contributed by atoms with van der Waals surface area (Å²) in [5.74, 6) is 0. The number of nitriles is 1. The first-order valence-electron chi connectivity index (χ1n) is 5.18. The van der Waals surface area contributed by atoms with Gasteiger partial charge in [0.2, 0.25) is 0 Å². The van der Waals surface area contributed by atoms with E-state index in [0.29, 0.717) is 12.8 Å². The summed E-state index contributed by atoms with van der Waals surface area (Å²) in [6, 6.07) is 5.65. The number of halogens is 4. The standard InChI is InChI=1S/C12H9ClF3N/c13-9-4-1-3-8(12(14,15)16)10(9)11(7-17)5-2-6-11/h1,3-4H,2,5-6H2. The zero-order valence-corrected chi connectivity index (χ0v) is 9.57. The van der Waals surface area contributed by atoms with Gasteiger partial charge in [-0.3, -0.25) is 0 Å². The molecule has 1 fully saturated rings. The van der Waals surface area contributed by atoms with Crippen LogP contribution in [0.2, 0.25) is 5.02 Å². The highest BCUT2D eigenvalue weighted by Crippen LogP contribution is 2.50. The molecule has 0 aromatic heterocycles. The van der Waals surface area contributed by atoms with E-state index in [4.69, 9.17) is 16.9 Å². The molecule has 0 atom stereocenters. The van der Waals surface area contributed by atoms with Crippen LogP contribution in [0.5, 0.6) is 0 Å². The largest absolute Gasteiger partial charge is 0.416 e. The molecular weight excluding hydrogens is 251 g/mol. The lowest BCUT2D eigenvalue weighted by molar-refractivity contribution is -0.138. The van der Waals surface area contributed by atoms with Gasteiger partial charge in [-0.2, -0.15) is 18.4 Å². The third-order valence-corrected chi connectivity index (χ3v) is 3.53. The molecule has 5 heteroatoms. The van der Waals surface area contributed by atoms with Gasteiger partial charge in [0, 0.05) is 10.6 Å². The summed E-state index contributed by atoms with van der Waals surface area (Å²) in [6.07, 6.45) is -2.83. The molecule has 1 nitrogen and oxygen atoms in total. The second kappa shape index (κ2) is 3.92. The van der Waals surface area contributed by atoms with Gasteiger partial charge in [-0.25, -0.2) is 0 Å². The minimum Gasteiger partial charge on any atom is -0.197 e. The van der Waals surface area contributed by atoms with E-state index in [9.17, 15) is 13.2 Å². The molecule has 0 heterocycles. The molecule has 0 spiro atoms. The van der Waals surface area contributed by atoms with Crippen molar-refractivity contribution in [1.29, 1.82) is 5.26 Å². The minimum atomic E-state index is -4.47. The van der Waals surface area contributed by atoms with Crippen LogP contribution in [-0.2, 0) is 11.6 Å². The highest BCUT2D eigenvalue weighted by Gasteiger charge is 2.46. The monoisotopic (exact) mass is 259 g/mol. The Balaban J connectivity index is 2.64. The van der Waals surface area contributed by atoms with Crippen LogP contribution < -0.4 is 0 Å². The number of hydrogen-bond acceptors (Lipinski definition) is 1. The SMILES string of the molecule is N#CC1(c2c(Cl)cccc2C(F)(F)F)CCC1. The lowest BCUT2D eigenvalue weighted by Gasteiger charge is -2.37. The first kappa shape index (κ1) is 12.3.